The number of para-hydroxylation sites is 1. The van der Waals surface area contributed by atoms with Gasteiger partial charge in [-0.3, -0.25) is 10.2 Å². The molecule has 13 heteroatoms. The van der Waals surface area contributed by atoms with Crippen LogP contribution in [0.25, 0.3) is 11.0 Å². The van der Waals surface area contributed by atoms with Crippen molar-refractivity contribution in [2.75, 3.05) is 51.2 Å². The number of sulfone groups is 1. The molecule has 2 aromatic heterocycles. The van der Waals surface area contributed by atoms with Crippen molar-refractivity contribution in [2.24, 2.45) is 9.98 Å². The summed E-state index contributed by atoms with van der Waals surface area (Å²) in [7, 11) is -1.31. The van der Waals surface area contributed by atoms with E-state index in [-0.39, 0.29) is 11.1 Å². The Kier molecular flexibility index (Phi) is 6.07. The number of hydrogen-bond donors (Lipinski definition) is 2. The third-order valence-electron chi connectivity index (χ3n) is 7.34. The van der Waals surface area contributed by atoms with Gasteiger partial charge in [0, 0.05) is 24.7 Å². The lowest BCUT2D eigenvalue weighted by Crippen LogP contribution is -2.62. The lowest BCUT2D eigenvalue weighted by molar-refractivity contribution is 0.0666. The van der Waals surface area contributed by atoms with E-state index in [9.17, 15) is 8.42 Å². The fourth-order valence-electron chi connectivity index (χ4n) is 5.15. The molecule has 0 spiro atoms. The monoisotopic (exact) mass is 542 g/mol. The van der Waals surface area contributed by atoms with Gasteiger partial charge in [-0.05, 0) is 37.6 Å². The number of aromatic nitrogens is 2. The molecule has 0 aliphatic carbocycles. The van der Waals surface area contributed by atoms with Gasteiger partial charge in [0.05, 0.1) is 42.5 Å². The molecular weight excluding hydrogens is 512 g/mol. The highest BCUT2D eigenvalue weighted by Crippen LogP contribution is 2.36. The van der Waals surface area contributed by atoms with E-state index in [0.717, 1.165) is 24.6 Å². The molecular formula is C24H30N8O3S2. The molecule has 3 aliphatic heterocycles. The molecule has 0 amide bonds. The predicted molar refractivity (Wildman–Crippen MR) is 145 cm³/mol. The number of ether oxygens (including phenoxy) is 1. The van der Waals surface area contributed by atoms with Gasteiger partial charge in [-0.1, -0.05) is 6.07 Å². The van der Waals surface area contributed by atoms with Crippen molar-refractivity contribution in [2.45, 2.75) is 30.1 Å². The normalized spacial score (nSPS) is 24.9. The number of anilines is 1. The minimum atomic E-state index is -3.40. The number of H-pyrrole nitrogens is 1. The molecule has 0 radical (unpaired) electrons. The summed E-state index contributed by atoms with van der Waals surface area (Å²) < 4.78 is 30.1. The molecule has 3 aromatic rings. The Balaban J connectivity index is 1.34. The molecule has 196 valence electrons. The van der Waals surface area contributed by atoms with Gasteiger partial charge >= 0.3 is 0 Å². The van der Waals surface area contributed by atoms with Crippen LogP contribution < -0.4 is 10.2 Å². The number of amidine groups is 1. The molecule has 1 aromatic carbocycles. The molecule has 5 heterocycles. The molecule has 0 bridgehead atoms. The average Bonchev–Trinajstić information content (AvgIpc) is 3.61. The van der Waals surface area contributed by atoms with Crippen LogP contribution in [0.3, 0.4) is 0 Å². The number of aromatic amines is 1. The summed E-state index contributed by atoms with van der Waals surface area (Å²) in [6.07, 6.45) is 0.892. The summed E-state index contributed by atoms with van der Waals surface area (Å²) in [6.45, 7) is 6.02. The molecule has 0 saturated carbocycles. The molecule has 37 heavy (non-hydrogen) atoms. The summed E-state index contributed by atoms with van der Waals surface area (Å²) in [4.78, 5) is 25.0. The van der Waals surface area contributed by atoms with E-state index in [2.05, 4.69) is 60.8 Å². The maximum absolute atomic E-state index is 12.3. The van der Waals surface area contributed by atoms with E-state index in [0.29, 0.717) is 49.2 Å². The number of benzene rings is 1. The highest BCUT2D eigenvalue weighted by atomic mass is 32.2. The van der Waals surface area contributed by atoms with Gasteiger partial charge in [0.15, 0.2) is 9.84 Å². The third kappa shape index (κ3) is 4.24. The highest BCUT2D eigenvalue weighted by molar-refractivity contribution is 7.91. The quantitative estimate of drug-likeness (QED) is 0.500. The van der Waals surface area contributed by atoms with Gasteiger partial charge in [0.1, 0.15) is 28.9 Å². The molecule has 3 aliphatic rings. The molecule has 2 saturated heterocycles. The van der Waals surface area contributed by atoms with E-state index in [4.69, 9.17) is 14.7 Å². The van der Waals surface area contributed by atoms with Crippen LogP contribution in [0.15, 0.2) is 49.9 Å². The summed E-state index contributed by atoms with van der Waals surface area (Å²) in [5, 5.41) is 7.81. The average molecular weight is 543 g/mol. The number of thiophene rings is 1. The number of likely N-dealkylation sites (N-methyl/N-ethyl adjacent to an activating group) is 1. The molecule has 2 fully saturated rings. The van der Waals surface area contributed by atoms with Crippen LogP contribution in [-0.2, 0) is 21.1 Å². The summed E-state index contributed by atoms with van der Waals surface area (Å²) in [6, 6.07) is 7.27. The number of imidazole rings is 1. The molecule has 2 atom stereocenters. The van der Waals surface area contributed by atoms with Gasteiger partial charge in [0.25, 0.3) is 0 Å². The van der Waals surface area contributed by atoms with Crippen molar-refractivity contribution in [3.63, 3.8) is 0 Å². The van der Waals surface area contributed by atoms with Crippen molar-refractivity contribution in [3.8, 4) is 0 Å². The largest absolute Gasteiger partial charge is 0.378 e. The predicted octanol–water partition coefficient (Wildman–Crippen LogP) is 1.71. The van der Waals surface area contributed by atoms with E-state index >= 15 is 0 Å². The summed E-state index contributed by atoms with van der Waals surface area (Å²) >= 11 is 1.66. The highest BCUT2D eigenvalue weighted by Gasteiger charge is 2.53. The van der Waals surface area contributed by atoms with Crippen LogP contribution in [0.5, 0.6) is 0 Å². The zero-order chi connectivity index (χ0) is 25.8. The first-order valence-electron chi connectivity index (χ1n) is 12.2. The van der Waals surface area contributed by atoms with Gasteiger partial charge in [-0.15, -0.1) is 0 Å². The number of guanidine groups is 1. The van der Waals surface area contributed by atoms with E-state index in [1.165, 1.54) is 6.26 Å². The number of hydrogen-bond acceptors (Lipinski definition) is 11. The topological polar surface area (TPSA) is 119 Å². The Morgan fingerprint density at radius 2 is 2.08 bits per heavy atom. The maximum atomic E-state index is 12.3. The van der Waals surface area contributed by atoms with Crippen LogP contribution in [0, 0.1) is 0 Å². The number of morpholine rings is 1. The second kappa shape index (κ2) is 9.17. The Hall–Kier alpha value is -2.84. The Morgan fingerprint density at radius 1 is 1.27 bits per heavy atom. The van der Waals surface area contributed by atoms with Gasteiger partial charge in [0.2, 0.25) is 5.96 Å². The van der Waals surface area contributed by atoms with Crippen LogP contribution in [0.4, 0.5) is 5.69 Å². The fourth-order valence-corrected chi connectivity index (χ4v) is 6.62. The Bertz CT molecular complexity index is 1480. The van der Waals surface area contributed by atoms with Crippen LogP contribution in [-0.4, -0.2) is 98.0 Å². The Morgan fingerprint density at radius 3 is 2.81 bits per heavy atom. The first kappa shape index (κ1) is 24.5. The fraction of sp³-hybridized carbons (Fsp3) is 0.458. The minimum Gasteiger partial charge on any atom is -0.378 e. The van der Waals surface area contributed by atoms with Crippen LogP contribution >= 0.6 is 11.3 Å². The first-order chi connectivity index (χ1) is 17.7. The lowest BCUT2D eigenvalue weighted by atomic mass is 9.94. The SMILES string of the molecule is CN1CN(c2ccsc2)C2=NC(N3CCOCC3)=NC(NCc3nc4c(S(C)(=O)=O)cccc4[nH]3)C21C. The van der Waals surface area contributed by atoms with Crippen molar-refractivity contribution in [3.05, 3.63) is 40.8 Å². The maximum Gasteiger partial charge on any atom is 0.224 e. The molecule has 6 rings (SSSR count). The molecule has 2 N–H and O–H groups in total. The number of fused-ring (bicyclic) bond motifs is 2. The first-order valence-corrected chi connectivity index (χ1v) is 15.0. The van der Waals surface area contributed by atoms with Crippen LogP contribution in [0.2, 0.25) is 0 Å². The van der Waals surface area contributed by atoms with Gasteiger partial charge in [-0.2, -0.15) is 16.3 Å². The number of rotatable bonds is 5. The second-order valence-corrected chi connectivity index (χ2v) is 12.5. The molecule has 11 nitrogen and oxygen atoms in total. The second-order valence-electron chi connectivity index (χ2n) is 9.75. The van der Waals surface area contributed by atoms with Crippen molar-refractivity contribution in [1.82, 2.24) is 25.1 Å². The van der Waals surface area contributed by atoms with E-state index in [1.54, 1.807) is 23.5 Å². The Labute approximate surface area is 219 Å². The van der Waals surface area contributed by atoms with Gasteiger partial charge in [-0.25, -0.2) is 18.4 Å². The smallest absolute Gasteiger partial charge is 0.224 e. The summed E-state index contributed by atoms with van der Waals surface area (Å²) in [5.41, 5.74) is 1.77. The zero-order valence-electron chi connectivity index (χ0n) is 21.0. The number of nitrogens with one attached hydrogen (secondary N) is 2. The van der Waals surface area contributed by atoms with Crippen molar-refractivity contribution < 1.29 is 13.2 Å². The minimum absolute atomic E-state index is 0.223. The van der Waals surface area contributed by atoms with E-state index < -0.39 is 15.4 Å². The number of aliphatic imine (C=N–C) groups is 2. The zero-order valence-corrected chi connectivity index (χ0v) is 22.6. The van der Waals surface area contributed by atoms with Crippen molar-refractivity contribution in [1.29, 1.82) is 0 Å². The number of nitrogens with zero attached hydrogens (tertiary/aromatic N) is 6. The van der Waals surface area contributed by atoms with Crippen LogP contribution in [0.1, 0.15) is 12.7 Å². The standard InChI is InChI=1S/C24H30N8O3S2/c1-24-21(25-13-19-26-17-5-4-6-18(20(17)27-19)37(3,33)34)28-23(31-8-10-35-11-9-31)29-22(24)32(15-30(24)2)16-7-12-36-14-16/h4-7,12,14,21,25H,8-11,13,15H2,1-3H3,(H,26,27). The third-order valence-corrected chi connectivity index (χ3v) is 9.14. The van der Waals surface area contributed by atoms with Gasteiger partial charge < -0.3 is 19.5 Å². The van der Waals surface area contributed by atoms with Crippen molar-refractivity contribution >= 4 is 49.7 Å². The molecule has 2 unspecified atom stereocenters. The lowest BCUT2D eigenvalue weighted by Gasteiger charge is -2.41. The summed E-state index contributed by atoms with van der Waals surface area (Å²) in [5.74, 6) is 2.30. The van der Waals surface area contributed by atoms with E-state index in [1.807, 2.05) is 6.07 Å².